The molecule has 0 aliphatic rings. The summed E-state index contributed by atoms with van der Waals surface area (Å²) < 4.78 is 5.58. The molecule has 0 amide bonds. The predicted octanol–water partition coefficient (Wildman–Crippen LogP) is 6.10. The summed E-state index contributed by atoms with van der Waals surface area (Å²) in [6.07, 6.45) is 5.84. The van der Waals surface area contributed by atoms with Gasteiger partial charge in [-0.25, -0.2) is 9.79 Å². The Morgan fingerprint density at radius 2 is 1.74 bits per heavy atom. The van der Waals surface area contributed by atoms with E-state index in [1.54, 1.807) is 6.21 Å². The van der Waals surface area contributed by atoms with Gasteiger partial charge in [0.05, 0.1) is 0 Å². The Hall–Kier alpha value is -2.94. The van der Waals surface area contributed by atoms with E-state index in [1.807, 2.05) is 67.6 Å². The second kappa shape index (κ2) is 9.13. The molecule has 27 heavy (non-hydrogen) atoms. The average Bonchev–Trinajstić information content (AvgIpc) is 2.69. The molecule has 0 unspecified atom stereocenters. The van der Waals surface area contributed by atoms with Gasteiger partial charge < -0.3 is 4.42 Å². The molecule has 3 aromatic rings. The van der Waals surface area contributed by atoms with Crippen molar-refractivity contribution in [3.63, 3.8) is 0 Å². The topological polar surface area (TPSA) is 42.6 Å². The van der Waals surface area contributed by atoms with Crippen molar-refractivity contribution in [1.29, 1.82) is 0 Å². The van der Waals surface area contributed by atoms with Gasteiger partial charge in [0.1, 0.15) is 5.76 Å². The highest BCUT2D eigenvalue weighted by molar-refractivity contribution is 5.82. The Labute approximate surface area is 160 Å². The number of aryl methyl sites for hydroxylation is 2. The zero-order chi connectivity index (χ0) is 19.1. The lowest BCUT2D eigenvalue weighted by Gasteiger charge is -2.07. The molecule has 0 saturated carbocycles. The molecule has 0 atom stereocenters. The van der Waals surface area contributed by atoms with Gasteiger partial charge >= 0.3 is 5.63 Å². The second-order valence-corrected chi connectivity index (χ2v) is 6.76. The average molecular weight is 359 g/mol. The molecule has 3 heteroatoms. The number of unbranched alkanes of at least 4 members (excludes halogenated alkanes) is 2. The normalized spacial score (nSPS) is 11.2. The molecule has 0 aliphatic carbocycles. The smallest absolute Gasteiger partial charge is 0.362 e. The Bertz CT molecular complexity index is 954. The fourth-order valence-electron chi connectivity index (χ4n) is 2.96. The summed E-state index contributed by atoms with van der Waals surface area (Å²) in [6.45, 7) is 4.22. The van der Waals surface area contributed by atoms with Crippen molar-refractivity contribution in [3.8, 4) is 11.3 Å². The van der Waals surface area contributed by atoms with Gasteiger partial charge in [-0.05, 0) is 37.0 Å². The molecule has 0 aliphatic heterocycles. The van der Waals surface area contributed by atoms with Crippen LogP contribution in [0.15, 0.2) is 74.9 Å². The van der Waals surface area contributed by atoms with Gasteiger partial charge in [0, 0.05) is 11.8 Å². The first-order valence-corrected chi connectivity index (χ1v) is 9.50. The van der Waals surface area contributed by atoms with Crippen LogP contribution >= 0.6 is 0 Å². The summed E-state index contributed by atoms with van der Waals surface area (Å²) in [6, 6.07) is 19.7. The lowest BCUT2D eigenvalue weighted by atomic mass is 10.0. The summed E-state index contributed by atoms with van der Waals surface area (Å²) in [5.74, 6) is 0.599. The summed E-state index contributed by atoms with van der Waals surface area (Å²) in [5, 5.41) is 0. The molecular formula is C24H25NO2. The van der Waals surface area contributed by atoms with E-state index in [-0.39, 0.29) is 5.63 Å². The van der Waals surface area contributed by atoms with Gasteiger partial charge in [-0.15, -0.1) is 0 Å². The van der Waals surface area contributed by atoms with Gasteiger partial charge in [0.25, 0.3) is 0 Å². The van der Waals surface area contributed by atoms with Crippen LogP contribution in [0.25, 0.3) is 11.3 Å². The molecule has 3 nitrogen and oxygen atoms in total. The molecule has 1 aromatic heterocycles. The number of rotatable bonds is 7. The summed E-state index contributed by atoms with van der Waals surface area (Å²) >= 11 is 0. The van der Waals surface area contributed by atoms with E-state index >= 15 is 0 Å². The summed E-state index contributed by atoms with van der Waals surface area (Å²) in [7, 11) is 0. The van der Waals surface area contributed by atoms with Crippen LogP contribution in [0.4, 0.5) is 5.69 Å². The van der Waals surface area contributed by atoms with Crippen LogP contribution in [-0.2, 0) is 6.42 Å². The molecule has 0 radical (unpaired) electrons. The molecule has 138 valence electrons. The van der Waals surface area contributed by atoms with Crippen LogP contribution in [-0.4, -0.2) is 6.21 Å². The third-order valence-corrected chi connectivity index (χ3v) is 4.53. The maximum absolute atomic E-state index is 12.7. The molecule has 0 bridgehead atoms. The third kappa shape index (κ3) is 5.04. The lowest BCUT2D eigenvalue weighted by molar-refractivity contribution is 0.524. The quantitative estimate of drug-likeness (QED) is 0.378. The maximum Gasteiger partial charge on any atom is 0.362 e. The van der Waals surface area contributed by atoms with Crippen LogP contribution < -0.4 is 5.63 Å². The van der Waals surface area contributed by atoms with E-state index in [2.05, 4.69) is 11.9 Å². The second-order valence-electron chi connectivity index (χ2n) is 6.76. The maximum atomic E-state index is 12.7. The van der Waals surface area contributed by atoms with Crippen LogP contribution in [0.1, 0.15) is 42.9 Å². The Kier molecular flexibility index (Phi) is 6.37. The van der Waals surface area contributed by atoms with Crippen molar-refractivity contribution in [2.75, 3.05) is 0 Å². The van der Waals surface area contributed by atoms with Gasteiger partial charge in [-0.1, -0.05) is 79.9 Å². The van der Waals surface area contributed by atoms with Crippen molar-refractivity contribution < 1.29 is 4.42 Å². The predicted molar refractivity (Wildman–Crippen MR) is 112 cm³/mol. The van der Waals surface area contributed by atoms with Crippen LogP contribution in [0, 0.1) is 6.92 Å². The Morgan fingerprint density at radius 3 is 2.44 bits per heavy atom. The fraction of sp³-hybridized carbons (Fsp3) is 0.250. The first kappa shape index (κ1) is 18.8. The van der Waals surface area contributed by atoms with Crippen LogP contribution in [0.2, 0.25) is 0 Å². The van der Waals surface area contributed by atoms with Gasteiger partial charge in [-0.3, -0.25) is 0 Å². The van der Waals surface area contributed by atoms with E-state index in [1.165, 1.54) is 5.56 Å². The minimum Gasteiger partial charge on any atom is -0.421 e. The number of nitrogens with zero attached hydrogens (tertiary/aromatic N) is 1. The number of aliphatic imine (C=N–C) groups is 1. The van der Waals surface area contributed by atoms with E-state index in [9.17, 15) is 4.79 Å². The van der Waals surface area contributed by atoms with Crippen LogP contribution in [0.3, 0.4) is 0 Å². The lowest BCUT2D eigenvalue weighted by Crippen LogP contribution is -2.04. The first-order valence-electron chi connectivity index (χ1n) is 9.50. The van der Waals surface area contributed by atoms with Gasteiger partial charge in [0.15, 0.2) is 5.69 Å². The standard InChI is InChI=1S/C24H25NO2/c1-3-4-6-11-21-16-22(20-9-7-5-8-10-20)27-24(26)23(21)25-17-19-14-12-18(2)13-15-19/h5,7-10,12-17H,3-4,6,11H2,1-2H3. The van der Waals surface area contributed by atoms with Crippen molar-refractivity contribution >= 4 is 11.9 Å². The zero-order valence-electron chi connectivity index (χ0n) is 15.9. The van der Waals surface area contributed by atoms with E-state index < -0.39 is 0 Å². The number of hydrogen-bond acceptors (Lipinski definition) is 3. The van der Waals surface area contributed by atoms with Crippen molar-refractivity contribution in [1.82, 2.24) is 0 Å². The molecule has 2 aromatic carbocycles. The van der Waals surface area contributed by atoms with Crippen LogP contribution in [0.5, 0.6) is 0 Å². The number of hydrogen-bond donors (Lipinski definition) is 0. The first-order chi connectivity index (χ1) is 13.2. The Morgan fingerprint density at radius 1 is 1.00 bits per heavy atom. The van der Waals surface area contributed by atoms with E-state index in [0.717, 1.165) is 42.4 Å². The highest BCUT2D eigenvalue weighted by Crippen LogP contribution is 2.25. The molecule has 3 rings (SSSR count). The molecule has 0 fully saturated rings. The largest absolute Gasteiger partial charge is 0.421 e. The highest BCUT2D eigenvalue weighted by Gasteiger charge is 2.12. The van der Waals surface area contributed by atoms with E-state index in [0.29, 0.717) is 11.4 Å². The zero-order valence-corrected chi connectivity index (χ0v) is 15.9. The van der Waals surface area contributed by atoms with E-state index in [4.69, 9.17) is 4.42 Å². The molecular weight excluding hydrogens is 334 g/mol. The third-order valence-electron chi connectivity index (χ3n) is 4.53. The highest BCUT2D eigenvalue weighted by atomic mass is 16.4. The van der Waals surface area contributed by atoms with Gasteiger partial charge in [-0.2, -0.15) is 0 Å². The minimum atomic E-state index is -0.383. The van der Waals surface area contributed by atoms with Crippen molar-refractivity contribution in [2.45, 2.75) is 39.5 Å². The molecule has 0 saturated heterocycles. The monoisotopic (exact) mass is 359 g/mol. The van der Waals surface area contributed by atoms with Gasteiger partial charge in [0.2, 0.25) is 0 Å². The SMILES string of the molecule is CCCCCc1cc(-c2ccccc2)oc(=O)c1N=Cc1ccc(C)cc1. The fourth-order valence-corrected chi connectivity index (χ4v) is 2.96. The summed E-state index contributed by atoms with van der Waals surface area (Å²) in [5.41, 5.74) is 4.03. The van der Waals surface area contributed by atoms with Crippen molar-refractivity contribution in [3.05, 3.63) is 87.8 Å². The Balaban J connectivity index is 1.98. The number of benzene rings is 2. The molecule has 1 heterocycles. The van der Waals surface area contributed by atoms with Crippen molar-refractivity contribution in [2.24, 2.45) is 4.99 Å². The minimum absolute atomic E-state index is 0.383. The molecule has 0 N–H and O–H groups in total. The summed E-state index contributed by atoms with van der Waals surface area (Å²) in [4.78, 5) is 17.1. The molecule has 0 spiro atoms.